The van der Waals surface area contributed by atoms with Gasteiger partial charge in [-0.25, -0.2) is 13.1 Å². The molecule has 0 heterocycles. The van der Waals surface area contributed by atoms with Gasteiger partial charge in [-0.1, -0.05) is 25.7 Å². The molecule has 0 aromatic carbocycles. The van der Waals surface area contributed by atoms with Crippen molar-refractivity contribution in [3.05, 3.63) is 0 Å². The Morgan fingerprint density at radius 2 is 1.71 bits per heavy atom. The minimum Gasteiger partial charge on any atom is -0.396 e. The Labute approximate surface area is 104 Å². The van der Waals surface area contributed by atoms with Crippen molar-refractivity contribution in [1.29, 1.82) is 0 Å². The molecule has 0 radical (unpaired) electrons. The highest BCUT2D eigenvalue weighted by Crippen LogP contribution is 2.37. The summed E-state index contributed by atoms with van der Waals surface area (Å²) in [7, 11) is -3.16. The molecular weight excluding hydrogens is 238 g/mol. The molecule has 0 amide bonds. The molecule has 2 fully saturated rings. The summed E-state index contributed by atoms with van der Waals surface area (Å²) in [5, 5.41) is 9.25. The second-order valence-electron chi connectivity index (χ2n) is 5.64. The van der Waals surface area contributed by atoms with Gasteiger partial charge in [0.25, 0.3) is 0 Å². The van der Waals surface area contributed by atoms with Gasteiger partial charge in [0.15, 0.2) is 0 Å². The summed E-state index contributed by atoms with van der Waals surface area (Å²) in [6.07, 6.45) is 7.72. The minimum absolute atomic E-state index is 0.0974. The number of hydrogen-bond acceptors (Lipinski definition) is 3. The van der Waals surface area contributed by atoms with Crippen LogP contribution in [0.25, 0.3) is 0 Å². The fraction of sp³-hybridized carbons (Fsp3) is 1.00. The van der Waals surface area contributed by atoms with E-state index in [1.54, 1.807) is 0 Å². The third-order valence-corrected chi connectivity index (χ3v) is 6.28. The Kier molecular flexibility index (Phi) is 4.10. The van der Waals surface area contributed by atoms with Gasteiger partial charge in [-0.05, 0) is 25.7 Å². The molecule has 0 unspecified atom stereocenters. The average molecular weight is 261 g/mol. The summed E-state index contributed by atoms with van der Waals surface area (Å²) < 4.78 is 26.9. The summed E-state index contributed by atoms with van der Waals surface area (Å²) >= 11 is 0. The number of nitrogens with one attached hydrogen (secondary N) is 1. The molecule has 5 heteroatoms. The Morgan fingerprint density at radius 3 is 2.24 bits per heavy atom. The summed E-state index contributed by atoms with van der Waals surface area (Å²) in [4.78, 5) is 0. The molecular formula is C12H23NO3S. The molecule has 2 aliphatic rings. The number of aliphatic hydroxyl groups is 1. The quantitative estimate of drug-likeness (QED) is 0.786. The molecule has 2 N–H and O–H groups in total. The van der Waals surface area contributed by atoms with E-state index in [0.29, 0.717) is 6.54 Å². The molecule has 0 saturated heterocycles. The van der Waals surface area contributed by atoms with Crippen LogP contribution in [0.1, 0.15) is 51.4 Å². The first-order valence-corrected chi connectivity index (χ1v) is 8.22. The molecule has 0 atom stereocenters. The maximum absolute atomic E-state index is 12.1. The zero-order chi connectivity index (χ0) is 12.4. The normalized spacial score (nSPS) is 25.5. The van der Waals surface area contributed by atoms with Crippen LogP contribution in [-0.2, 0) is 10.0 Å². The van der Waals surface area contributed by atoms with Crippen LogP contribution in [0.15, 0.2) is 0 Å². The molecule has 0 spiro atoms. The van der Waals surface area contributed by atoms with Crippen molar-refractivity contribution in [2.24, 2.45) is 5.41 Å². The number of aliphatic hydroxyl groups excluding tert-OH is 1. The monoisotopic (exact) mass is 261 g/mol. The van der Waals surface area contributed by atoms with Gasteiger partial charge < -0.3 is 5.11 Å². The van der Waals surface area contributed by atoms with Crippen LogP contribution >= 0.6 is 0 Å². The summed E-state index contributed by atoms with van der Waals surface area (Å²) in [5.41, 5.74) is -0.189. The van der Waals surface area contributed by atoms with Gasteiger partial charge in [-0.3, -0.25) is 0 Å². The van der Waals surface area contributed by atoms with Crippen LogP contribution in [0.5, 0.6) is 0 Å². The van der Waals surface area contributed by atoms with E-state index in [9.17, 15) is 13.5 Å². The average Bonchev–Trinajstić information content (AvgIpc) is 2.99. The van der Waals surface area contributed by atoms with Gasteiger partial charge in [0.05, 0.1) is 5.25 Å². The zero-order valence-electron chi connectivity index (χ0n) is 10.3. The fourth-order valence-electron chi connectivity index (χ4n) is 3.09. The summed E-state index contributed by atoms with van der Waals surface area (Å²) in [6, 6.07) is 0. The predicted octanol–water partition coefficient (Wildman–Crippen LogP) is 1.40. The molecule has 4 nitrogen and oxygen atoms in total. The molecule has 0 aromatic rings. The molecule has 17 heavy (non-hydrogen) atoms. The van der Waals surface area contributed by atoms with E-state index in [2.05, 4.69) is 4.72 Å². The second-order valence-corrected chi connectivity index (χ2v) is 7.68. The van der Waals surface area contributed by atoms with Crippen LogP contribution in [0.2, 0.25) is 0 Å². The highest BCUT2D eigenvalue weighted by atomic mass is 32.2. The Morgan fingerprint density at radius 1 is 1.12 bits per heavy atom. The lowest BCUT2D eigenvalue weighted by Crippen LogP contribution is -2.41. The van der Waals surface area contributed by atoms with E-state index in [1.807, 2.05) is 0 Å². The van der Waals surface area contributed by atoms with E-state index >= 15 is 0 Å². The lowest BCUT2D eigenvalue weighted by molar-refractivity contribution is 0.134. The SMILES string of the molecule is O=S(=O)(NCC1(CO)CCCC1)C1CCCC1. The van der Waals surface area contributed by atoms with Crippen molar-refractivity contribution in [1.82, 2.24) is 4.72 Å². The highest BCUT2D eigenvalue weighted by molar-refractivity contribution is 7.90. The van der Waals surface area contributed by atoms with Gasteiger partial charge in [-0.15, -0.1) is 0 Å². The van der Waals surface area contributed by atoms with Gasteiger partial charge in [0.1, 0.15) is 0 Å². The van der Waals surface area contributed by atoms with E-state index < -0.39 is 10.0 Å². The molecule has 0 aromatic heterocycles. The highest BCUT2D eigenvalue weighted by Gasteiger charge is 2.36. The predicted molar refractivity (Wildman–Crippen MR) is 67.2 cm³/mol. The molecule has 0 aliphatic heterocycles. The maximum Gasteiger partial charge on any atom is 0.214 e. The van der Waals surface area contributed by atoms with Crippen molar-refractivity contribution in [3.63, 3.8) is 0 Å². The lowest BCUT2D eigenvalue weighted by atomic mass is 9.88. The molecule has 0 bridgehead atoms. The first kappa shape index (κ1) is 13.3. The first-order chi connectivity index (χ1) is 8.08. The largest absolute Gasteiger partial charge is 0.396 e. The molecule has 2 rings (SSSR count). The van der Waals surface area contributed by atoms with Gasteiger partial charge in [-0.2, -0.15) is 0 Å². The van der Waals surface area contributed by atoms with Crippen LogP contribution < -0.4 is 4.72 Å². The van der Waals surface area contributed by atoms with E-state index in [-0.39, 0.29) is 17.3 Å². The molecule has 2 saturated carbocycles. The molecule has 2 aliphatic carbocycles. The number of sulfonamides is 1. The maximum atomic E-state index is 12.1. The van der Waals surface area contributed by atoms with Gasteiger partial charge in [0.2, 0.25) is 10.0 Å². The van der Waals surface area contributed by atoms with Crippen molar-refractivity contribution >= 4 is 10.0 Å². The van der Waals surface area contributed by atoms with Crippen LogP contribution in [0.4, 0.5) is 0 Å². The fourth-order valence-corrected chi connectivity index (χ4v) is 4.78. The minimum atomic E-state index is -3.16. The van der Waals surface area contributed by atoms with Gasteiger partial charge in [0, 0.05) is 18.6 Å². The smallest absolute Gasteiger partial charge is 0.214 e. The zero-order valence-corrected chi connectivity index (χ0v) is 11.1. The third-order valence-electron chi connectivity index (χ3n) is 4.39. The summed E-state index contributed by atoms with van der Waals surface area (Å²) in [5.74, 6) is 0. The van der Waals surface area contributed by atoms with Crippen molar-refractivity contribution < 1.29 is 13.5 Å². The number of rotatable bonds is 5. The standard InChI is InChI=1S/C12H23NO3S/c14-10-12(7-3-4-8-12)9-13-17(15,16)11-5-1-2-6-11/h11,13-14H,1-10H2. The van der Waals surface area contributed by atoms with Crippen LogP contribution in [-0.4, -0.2) is 31.9 Å². The van der Waals surface area contributed by atoms with Crippen molar-refractivity contribution in [2.75, 3.05) is 13.2 Å². The van der Waals surface area contributed by atoms with Gasteiger partial charge >= 0.3 is 0 Å². The van der Waals surface area contributed by atoms with E-state index in [4.69, 9.17) is 0 Å². The Bertz CT molecular complexity index is 341. The molecule has 100 valence electrons. The van der Waals surface area contributed by atoms with E-state index in [1.165, 1.54) is 0 Å². The summed E-state index contributed by atoms with van der Waals surface area (Å²) in [6.45, 7) is 0.516. The third kappa shape index (κ3) is 3.01. The van der Waals surface area contributed by atoms with Crippen molar-refractivity contribution in [3.8, 4) is 0 Å². The number of hydrogen-bond donors (Lipinski definition) is 2. The second kappa shape index (κ2) is 5.24. The lowest BCUT2D eigenvalue weighted by Gasteiger charge is -2.27. The topological polar surface area (TPSA) is 66.4 Å². The van der Waals surface area contributed by atoms with Crippen LogP contribution in [0, 0.1) is 5.41 Å². The Balaban J connectivity index is 1.92. The van der Waals surface area contributed by atoms with Crippen LogP contribution in [0.3, 0.4) is 0 Å². The Hall–Kier alpha value is -0.130. The first-order valence-electron chi connectivity index (χ1n) is 6.67. The van der Waals surface area contributed by atoms with Crippen molar-refractivity contribution in [2.45, 2.75) is 56.6 Å². The van der Waals surface area contributed by atoms with E-state index in [0.717, 1.165) is 51.4 Å².